The van der Waals surface area contributed by atoms with Crippen LogP contribution in [0.25, 0.3) is 10.2 Å². The molecule has 1 fully saturated rings. The Balaban J connectivity index is 1.12. The third-order valence-electron chi connectivity index (χ3n) is 5.86. The van der Waals surface area contributed by atoms with E-state index in [1.54, 1.807) is 12.1 Å². The Bertz CT molecular complexity index is 1320. The Labute approximate surface area is 205 Å². The second kappa shape index (κ2) is 10.4. The van der Waals surface area contributed by atoms with Crippen LogP contribution in [0.2, 0.25) is 0 Å². The van der Waals surface area contributed by atoms with Gasteiger partial charge in [-0.2, -0.15) is 0 Å². The van der Waals surface area contributed by atoms with Crippen LogP contribution >= 0.6 is 11.3 Å². The number of thiazole rings is 1. The second-order valence-electron chi connectivity index (χ2n) is 8.23. The van der Waals surface area contributed by atoms with Gasteiger partial charge in [0, 0.05) is 45.3 Å². The molecule has 35 heavy (non-hydrogen) atoms. The zero-order valence-corrected chi connectivity index (χ0v) is 19.7. The standard InChI is InChI=1S/C26H24F2N4O2S/c27-18-16-21(28)24-23(17-18)35-26(30-24)32-14-12-31(13-15-32)11-10-29-25(33)20-8-4-5-9-22(20)34-19-6-2-1-3-7-19/h1-9,16-17H,10-15H2,(H,29,33). The lowest BCUT2D eigenvalue weighted by molar-refractivity contribution is 0.0945. The first-order valence-corrected chi connectivity index (χ1v) is 12.2. The van der Waals surface area contributed by atoms with Crippen molar-refractivity contribution in [1.29, 1.82) is 0 Å². The maximum atomic E-state index is 14.0. The van der Waals surface area contributed by atoms with Gasteiger partial charge >= 0.3 is 0 Å². The third-order valence-corrected chi connectivity index (χ3v) is 6.92. The van der Waals surface area contributed by atoms with Gasteiger partial charge in [0.2, 0.25) is 0 Å². The number of para-hydroxylation sites is 2. The van der Waals surface area contributed by atoms with Crippen LogP contribution in [0.3, 0.4) is 0 Å². The quantitative estimate of drug-likeness (QED) is 0.395. The molecule has 0 radical (unpaired) electrons. The van der Waals surface area contributed by atoms with Gasteiger partial charge in [-0.3, -0.25) is 9.69 Å². The van der Waals surface area contributed by atoms with Crippen LogP contribution < -0.4 is 15.0 Å². The zero-order chi connectivity index (χ0) is 24.2. The van der Waals surface area contributed by atoms with Gasteiger partial charge in [0.05, 0.1) is 10.3 Å². The smallest absolute Gasteiger partial charge is 0.255 e. The number of nitrogens with zero attached hydrogens (tertiary/aromatic N) is 3. The first kappa shape index (κ1) is 23.2. The lowest BCUT2D eigenvalue weighted by Gasteiger charge is -2.34. The predicted octanol–water partition coefficient (Wildman–Crippen LogP) is 4.92. The topological polar surface area (TPSA) is 57.7 Å². The molecule has 1 aliphatic heterocycles. The molecule has 180 valence electrons. The van der Waals surface area contributed by atoms with Gasteiger partial charge in [-0.05, 0) is 30.3 Å². The summed E-state index contributed by atoms with van der Waals surface area (Å²) in [5.41, 5.74) is 0.703. The lowest BCUT2D eigenvalue weighted by atomic mass is 10.2. The monoisotopic (exact) mass is 494 g/mol. The Morgan fingerprint density at radius 1 is 1.00 bits per heavy atom. The summed E-state index contributed by atoms with van der Waals surface area (Å²) in [5.74, 6) is -0.221. The number of carbonyl (C=O) groups is 1. The van der Waals surface area contributed by atoms with Crippen molar-refractivity contribution in [2.24, 2.45) is 0 Å². The highest BCUT2D eigenvalue weighted by Crippen LogP contribution is 2.31. The predicted molar refractivity (Wildman–Crippen MR) is 133 cm³/mol. The number of aromatic nitrogens is 1. The molecular weight excluding hydrogens is 470 g/mol. The largest absolute Gasteiger partial charge is 0.457 e. The summed E-state index contributed by atoms with van der Waals surface area (Å²) in [6.07, 6.45) is 0. The number of hydrogen-bond acceptors (Lipinski definition) is 6. The number of piperazine rings is 1. The minimum Gasteiger partial charge on any atom is -0.457 e. The summed E-state index contributed by atoms with van der Waals surface area (Å²) >= 11 is 1.30. The first-order chi connectivity index (χ1) is 17.1. The number of nitrogens with one attached hydrogen (secondary N) is 1. The fourth-order valence-corrected chi connectivity index (χ4v) is 5.08. The SMILES string of the molecule is O=C(NCCN1CCN(c2nc3c(F)cc(F)cc3s2)CC1)c1ccccc1Oc1ccccc1. The van der Waals surface area contributed by atoms with E-state index >= 15 is 0 Å². The molecule has 5 rings (SSSR count). The van der Waals surface area contributed by atoms with Crippen LogP contribution in [0.4, 0.5) is 13.9 Å². The average molecular weight is 495 g/mol. The van der Waals surface area contributed by atoms with E-state index in [1.165, 1.54) is 17.4 Å². The summed E-state index contributed by atoms with van der Waals surface area (Å²) in [6.45, 7) is 4.25. The van der Waals surface area contributed by atoms with Crippen LogP contribution in [0.1, 0.15) is 10.4 Å². The van der Waals surface area contributed by atoms with Crippen LogP contribution in [0.15, 0.2) is 66.7 Å². The zero-order valence-electron chi connectivity index (χ0n) is 18.9. The fourth-order valence-electron chi connectivity index (χ4n) is 4.03. The summed E-state index contributed by atoms with van der Waals surface area (Å²) in [4.78, 5) is 21.5. The number of hydrogen-bond donors (Lipinski definition) is 1. The molecule has 0 atom stereocenters. The fraction of sp³-hybridized carbons (Fsp3) is 0.231. The molecule has 1 amide bonds. The van der Waals surface area contributed by atoms with Gasteiger partial charge in [0.1, 0.15) is 22.8 Å². The second-order valence-corrected chi connectivity index (χ2v) is 9.24. The molecule has 9 heteroatoms. The highest BCUT2D eigenvalue weighted by atomic mass is 32.1. The number of carbonyl (C=O) groups excluding carboxylic acids is 1. The normalized spacial score (nSPS) is 14.3. The van der Waals surface area contributed by atoms with Crippen molar-refractivity contribution in [3.63, 3.8) is 0 Å². The Kier molecular flexibility index (Phi) is 6.87. The summed E-state index contributed by atoms with van der Waals surface area (Å²) in [5, 5.41) is 3.68. The summed E-state index contributed by atoms with van der Waals surface area (Å²) in [7, 11) is 0. The summed E-state index contributed by atoms with van der Waals surface area (Å²) in [6, 6.07) is 18.7. The van der Waals surface area contributed by atoms with E-state index in [4.69, 9.17) is 4.74 Å². The molecule has 1 aromatic heterocycles. The Morgan fingerprint density at radius 3 is 2.54 bits per heavy atom. The molecular formula is C26H24F2N4O2S. The molecule has 2 heterocycles. The lowest BCUT2D eigenvalue weighted by Crippen LogP contribution is -2.48. The molecule has 6 nitrogen and oxygen atoms in total. The number of anilines is 1. The van der Waals surface area contributed by atoms with Crippen molar-refractivity contribution in [1.82, 2.24) is 15.2 Å². The maximum absolute atomic E-state index is 14.0. The maximum Gasteiger partial charge on any atom is 0.255 e. The number of amides is 1. The van der Waals surface area contributed by atoms with Crippen molar-refractivity contribution < 1.29 is 18.3 Å². The van der Waals surface area contributed by atoms with E-state index in [2.05, 4.69) is 20.1 Å². The highest BCUT2D eigenvalue weighted by Gasteiger charge is 2.21. The van der Waals surface area contributed by atoms with Crippen molar-refractivity contribution >= 4 is 32.6 Å². The molecule has 4 aromatic rings. The van der Waals surface area contributed by atoms with Gasteiger partial charge in [0.25, 0.3) is 5.91 Å². The number of benzene rings is 3. The minimum absolute atomic E-state index is 0.182. The van der Waals surface area contributed by atoms with Crippen LogP contribution in [-0.4, -0.2) is 55.1 Å². The molecule has 0 spiro atoms. The van der Waals surface area contributed by atoms with Gasteiger partial charge in [-0.25, -0.2) is 13.8 Å². The highest BCUT2D eigenvalue weighted by molar-refractivity contribution is 7.22. The molecule has 0 saturated carbocycles. The van der Waals surface area contributed by atoms with Crippen LogP contribution in [0.5, 0.6) is 11.5 Å². The van der Waals surface area contributed by atoms with E-state index in [0.29, 0.717) is 40.0 Å². The molecule has 3 aromatic carbocycles. The molecule has 1 saturated heterocycles. The van der Waals surface area contributed by atoms with E-state index in [-0.39, 0.29) is 11.4 Å². The van der Waals surface area contributed by atoms with E-state index in [1.807, 2.05) is 42.5 Å². The van der Waals surface area contributed by atoms with Gasteiger partial charge in [0.15, 0.2) is 10.9 Å². The van der Waals surface area contributed by atoms with Gasteiger partial charge < -0.3 is 15.0 Å². The number of halogens is 2. The van der Waals surface area contributed by atoms with Crippen LogP contribution in [-0.2, 0) is 0 Å². The number of ether oxygens (including phenoxy) is 1. The average Bonchev–Trinajstić information content (AvgIpc) is 3.30. The molecule has 0 unspecified atom stereocenters. The van der Waals surface area contributed by atoms with E-state index < -0.39 is 11.6 Å². The van der Waals surface area contributed by atoms with Crippen LogP contribution in [0, 0.1) is 11.6 Å². The third kappa shape index (κ3) is 5.41. The van der Waals surface area contributed by atoms with Crippen molar-refractivity contribution in [3.05, 3.63) is 83.9 Å². The first-order valence-electron chi connectivity index (χ1n) is 11.4. The van der Waals surface area contributed by atoms with Crippen molar-refractivity contribution in [3.8, 4) is 11.5 Å². The van der Waals surface area contributed by atoms with Crippen molar-refractivity contribution in [2.75, 3.05) is 44.2 Å². The molecule has 1 aliphatic rings. The number of fused-ring (bicyclic) bond motifs is 1. The Morgan fingerprint density at radius 2 is 1.74 bits per heavy atom. The van der Waals surface area contributed by atoms with E-state index in [0.717, 1.165) is 32.2 Å². The minimum atomic E-state index is -0.632. The number of rotatable bonds is 7. The van der Waals surface area contributed by atoms with E-state index in [9.17, 15) is 13.6 Å². The van der Waals surface area contributed by atoms with Crippen molar-refractivity contribution in [2.45, 2.75) is 0 Å². The van der Waals surface area contributed by atoms with Gasteiger partial charge in [-0.15, -0.1) is 0 Å². The molecule has 0 bridgehead atoms. The Hall–Kier alpha value is -3.56. The molecule has 1 N–H and O–H groups in total. The van der Waals surface area contributed by atoms with Gasteiger partial charge in [-0.1, -0.05) is 41.7 Å². The summed E-state index contributed by atoms with van der Waals surface area (Å²) < 4.78 is 33.9. The molecule has 0 aliphatic carbocycles.